The van der Waals surface area contributed by atoms with Crippen LogP contribution in [0, 0.1) is 0 Å². The molecular weight excluding hydrogens is 234 g/mol. The number of carbonyl (C=O) groups is 2. The smallest absolute Gasteiger partial charge is 0.253 e. The number of carbonyl (C=O) groups excluding carboxylic acids is 2. The van der Waals surface area contributed by atoms with Gasteiger partial charge in [0.05, 0.1) is 11.7 Å². The summed E-state index contributed by atoms with van der Waals surface area (Å²) >= 11 is 0. The van der Waals surface area contributed by atoms with Crippen LogP contribution in [0.25, 0.3) is 0 Å². The molecule has 0 spiro atoms. The van der Waals surface area contributed by atoms with Gasteiger partial charge in [-0.15, -0.1) is 0 Å². The molecule has 0 fully saturated rings. The first-order valence-electron chi connectivity index (χ1n) is 5.63. The summed E-state index contributed by atoms with van der Waals surface area (Å²) in [4.78, 5) is 26.5. The molecule has 0 saturated heterocycles. The monoisotopic (exact) mass is 251 g/mol. The zero-order valence-corrected chi connectivity index (χ0v) is 10.6. The fourth-order valence-electron chi connectivity index (χ4n) is 1.18. The Balaban J connectivity index is 2.67. The van der Waals surface area contributed by atoms with E-state index in [0.29, 0.717) is 11.4 Å². The van der Waals surface area contributed by atoms with Crippen LogP contribution in [-0.4, -0.2) is 28.9 Å². The number of amides is 2. The Morgan fingerprint density at radius 3 is 2.44 bits per heavy atom. The average molecular weight is 251 g/mol. The van der Waals surface area contributed by atoms with Crippen LogP contribution in [-0.2, 0) is 4.79 Å². The fourth-order valence-corrected chi connectivity index (χ4v) is 1.18. The lowest BCUT2D eigenvalue weighted by Gasteiger charge is -2.11. The maximum absolute atomic E-state index is 11.7. The lowest BCUT2D eigenvalue weighted by molar-refractivity contribution is -0.119. The molecule has 2 amide bonds. The van der Waals surface area contributed by atoms with E-state index in [0.717, 1.165) is 0 Å². The minimum absolute atomic E-state index is 0.0204. The van der Waals surface area contributed by atoms with Crippen molar-refractivity contribution in [3.63, 3.8) is 0 Å². The number of ether oxygens (including phenoxy) is 1. The lowest BCUT2D eigenvalue weighted by Crippen LogP contribution is -2.42. The van der Waals surface area contributed by atoms with Crippen LogP contribution in [0.5, 0.6) is 5.88 Å². The maximum Gasteiger partial charge on any atom is 0.253 e. The number of rotatable bonds is 5. The maximum atomic E-state index is 11.7. The molecule has 0 aromatic carbocycles. The predicted molar refractivity (Wildman–Crippen MR) is 66.1 cm³/mol. The van der Waals surface area contributed by atoms with E-state index in [1.807, 2.05) is 13.8 Å². The fraction of sp³-hybridized carbons (Fsp3) is 0.417. The van der Waals surface area contributed by atoms with E-state index >= 15 is 0 Å². The van der Waals surface area contributed by atoms with Gasteiger partial charge in [-0.1, -0.05) is 0 Å². The van der Waals surface area contributed by atoms with Crippen LogP contribution < -0.4 is 15.8 Å². The molecule has 0 saturated carbocycles. The van der Waals surface area contributed by atoms with E-state index in [2.05, 4.69) is 10.3 Å². The summed E-state index contributed by atoms with van der Waals surface area (Å²) in [6.07, 6.45) is 1.41. The number of nitrogens with two attached hydrogens (primary N) is 1. The van der Waals surface area contributed by atoms with Crippen LogP contribution >= 0.6 is 0 Å². The van der Waals surface area contributed by atoms with Crippen LogP contribution in [0.4, 0.5) is 0 Å². The van der Waals surface area contributed by atoms with E-state index in [9.17, 15) is 9.59 Å². The third-order valence-corrected chi connectivity index (χ3v) is 2.13. The standard InChI is InChI=1S/C12H17N3O3/c1-7(2)18-10-5-4-9(6-14-10)12(17)15-8(3)11(13)16/h4-8H,1-3H3,(H2,13,16)(H,15,17)/t8-/m1/s1. The third-order valence-electron chi connectivity index (χ3n) is 2.13. The van der Waals surface area contributed by atoms with Gasteiger partial charge in [-0.05, 0) is 26.8 Å². The summed E-state index contributed by atoms with van der Waals surface area (Å²) in [5, 5.41) is 2.46. The molecule has 3 N–H and O–H groups in total. The number of aromatic nitrogens is 1. The normalized spacial score (nSPS) is 12.0. The second-order valence-corrected chi connectivity index (χ2v) is 4.15. The quantitative estimate of drug-likeness (QED) is 0.795. The zero-order chi connectivity index (χ0) is 13.7. The molecule has 0 aliphatic rings. The highest BCUT2D eigenvalue weighted by molar-refractivity contribution is 5.96. The molecule has 1 aromatic heterocycles. The van der Waals surface area contributed by atoms with Crippen molar-refractivity contribution in [1.29, 1.82) is 0 Å². The van der Waals surface area contributed by atoms with Crippen molar-refractivity contribution in [3.05, 3.63) is 23.9 Å². The topological polar surface area (TPSA) is 94.3 Å². The highest BCUT2D eigenvalue weighted by atomic mass is 16.5. The van der Waals surface area contributed by atoms with Gasteiger partial charge in [0.1, 0.15) is 6.04 Å². The minimum Gasteiger partial charge on any atom is -0.475 e. The Morgan fingerprint density at radius 1 is 1.33 bits per heavy atom. The van der Waals surface area contributed by atoms with Crippen molar-refractivity contribution in [2.45, 2.75) is 32.9 Å². The molecule has 0 radical (unpaired) electrons. The number of hydrogen-bond acceptors (Lipinski definition) is 4. The van der Waals surface area contributed by atoms with Crippen molar-refractivity contribution >= 4 is 11.8 Å². The van der Waals surface area contributed by atoms with Crippen LogP contribution in [0.15, 0.2) is 18.3 Å². The molecule has 1 rings (SSSR count). The van der Waals surface area contributed by atoms with Crippen molar-refractivity contribution in [1.82, 2.24) is 10.3 Å². The molecular formula is C12H17N3O3. The lowest BCUT2D eigenvalue weighted by atomic mass is 10.2. The zero-order valence-electron chi connectivity index (χ0n) is 10.6. The Labute approximate surface area is 106 Å². The molecule has 0 aliphatic heterocycles. The minimum atomic E-state index is -0.718. The molecule has 18 heavy (non-hydrogen) atoms. The number of nitrogens with zero attached hydrogens (tertiary/aromatic N) is 1. The van der Waals surface area contributed by atoms with Gasteiger partial charge in [-0.2, -0.15) is 0 Å². The van der Waals surface area contributed by atoms with Crippen molar-refractivity contribution in [2.75, 3.05) is 0 Å². The van der Waals surface area contributed by atoms with E-state index in [1.54, 1.807) is 12.1 Å². The van der Waals surface area contributed by atoms with Crippen LogP contribution in [0.2, 0.25) is 0 Å². The highest BCUT2D eigenvalue weighted by Gasteiger charge is 2.14. The third kappa shape index (κ3) is 4.04. The molecule has 1 atom stereocenters. The van der Waals surface area contributed by atoms with E-state index in [1.165, 1.54) is 13.1 Å². The molecule has 6 heteroatoms. The Bertz CT molecular complexity index is 429. The van der Waals surface area contributed by atoms with Crippen LogP contribution in [0.3, 0.4) is 0 Å². The van der Waals surface area contributed by atoms with Gasteiger partial charge < -0.3 is 15.8 Å². The van der Waals surface area contributed by atoms with Crippen LogP contribution in [0.1, 0.15) is 31.1 Å². The Morgan fingerprint density at radius 2 is 2.00 bits per heavy atom. The first-order chi connectivity index (χ1) is 8.40. The first kappa shape index (κ1) is 14.0. The molecule has 98 valence electrons. The molecule has 1 aromatic rings. The highest BCUT2D eigenvalue weighted by Crippen LogP contribution is 2.09. The average Bonchev–Trinajstić information content (AvgIpc) is 2.28. The SMILES string of the molecule is CC(C)Oc1ccc(C(=O)N[C@H](C)C(N)=O)cn1. The summed E-state index contributed by atoms with van der Waals surface area (Å²) < 4.78 is 5.35. The number of hydrogen-bond donors (Lipinski definition) is 2. The molecule has 0 unspecified atom stereocenters. The second kappa shape index (κ2) is 6.00. The van der Waals surface area contributed by atoms with Gasteiger partial charge >= 0.3 is 0 Å². The van der Waals surface area contributed by atoms with E-state index in [4.69, 9.17) is 10.5 Å². The predicted octanol–water partition coefficient (Wildman–Crippen LogP) is 0.472. The van der Waals surface area contributed by atoms with Gasteiger partial charge in [0.25, 0.3) is 5.91 Å². The van der Waals surface area contributed by atoms with Gasteiger partial charge in [0.15, 0.2) is 0 Å². The second-order valence-electron chi connectivity index (χ2n) is 4.15. The van der Waals surface area contributed by atoms with Gasteiger partial charge in [0, 0.05) is 12.3 Å². The summed E-state index contributed by atoms with van der Waals surface area (Å²) in [5.74, 6) is -0.537. The van der Waals surface area contributed by atoms with Gasteiger partial charge in [-0.25, -0.2) is 4.98 Å². The Hall–Kier alpha value is -2.11. The van der Waals surface area contributed by atoms with Crippen molar-refractivity contribution in [2.24, 2.45) is 5.73 Å². The van der Waals surface area contributed by atoms with Crippen molar-refractivity contribution < 1.29 is 14.3 Å². The molecule has 6 nitrogen and oxygen atoms in total. The first-order valence-corrected chi connectivity index (χ1v) is 5.63. The largest absolute Gasteiger partial charge is 0.475 e. The number of pyridine rings is 1. The van der Waals surface area contributed by atoms with Crippen molar-refractivity contribution in [3.8, 4) is 5.88 Å². The summed E-state index contributed by atoms with van der Waals surface area (Å²) in [6, 6.07) is 2.46. The summed E-state index contributed by atoms with van der Waals surface area (Å²) in [6.45, 7) is 5.29. The van der Waals surface area contributed by atoms with E-state index < -0.39 is 17.9 Å². The Kier molecular flexibility index (Phi) is 4.65. The number of primary amides is 1. The van der Waals surface area contributed by atoms with Gasteiger partial charge in [0.2, 0.25) is 11.8 Å². The number of nitrogens with one attached hydrogen (secondary N) is 1. The van der Waals surface area contributed by atoms with E-state index in [-0.39, 0.29) is 6.10 Å². The molecule has 0 bridgehead atoms. The molecule has 1 heterocycles. The summed E-state index contributed by atoms with van der Waals surface area (Å²) in [7, 11) is 0. The molecule has 0 aliphatic carbocycles. The van der Waals surface area contributed by atoms with Gasteiger partial charge in [-0.3, -0.25) is 9.59 Å². The summed E-state index contributed by atoms with van der Waals surface area (Å²) in [5.41, 5.74) is 5.40.